The van der Waals surface area contributed by atoms with E-state index in [1.54, 1.807) is 0 Å². The smallest absolute Gasteiger partial charge is 0.0352 e. The van der Waals surface area contributed by atoms with Crippen molar-refractivity contribution in [2.75, 3.05) is 0 Å². The van der Waals surface area contributed by atoms with Crippen molar-refractivity contribution in [2.45, 2.75) is 5.92 Å². The zero-order valence-corrected chi connectivity index (χ0v) is 29.3. The first kappa shape index (κ1) is 31.0. The monoisotopic (exact) mass is 672 g/mol. The van der Waals surface area contributed by atoms with Gasteiger partial charge in [-0.2, -0.15) is 0 Å². The lowest BCUT2D eigenvalue weighted by Gasteiger charge is -2.16. The van der Waals surface area contributed by atoms with E-state index in [0.29, 0.717) is 0 Å². The summed E-state index contributed by atoms with van der Waals surface area (Å²) in [4.78, 5) is 0. The average molecular weight is 673 g/mol. The van der Waals surface area contributed by atoms with Gasteiger partial charge in [-0.15, -0.1) is 0 Å². The van der Waals surface area contributed by atoms with E-state index in [1.807, 2.05) is 0 Å². The molecule has 0 heterocycles. The molecule has 0 heteroatoms. The standard InChI is InChI=1S/C53H36/c1-3-13-36(14-4-1)42-33-43(37-15-5-2-6-16-37)35-44(34-42)38-23-25-39(26-24-38)45-31-32-46(48-18-8-7-17-47(45)48)40-27-29-41(30-28-40)53-51-21-11-9-19-49(51)50-20-10-12-22-52(50)53/h1-35,53H. The van der Waals surface area contributed by atoms with E-state index >= 15 is 0 Å². The van der Waals surface area contributed by atoms with Gasteiger partial charge in [0.05, 0.1) is 0 Å². The van der Waals surface area contributed by atoms with Gasteiger partial charge in [-0.25, -0.2) is 0 Å². The SMILES string of the molecule is c1ccc(-c2cc(-c3ccccc3)cc(-c3ccc(-c4ccc(-c5ccc(C6c7ccccc7-c7ccccc76)cc5)c5ccccc45)cc3)c2)cc1. The lowest BCUT2D eigenvalue weighted by Crippen LogP contribution is -1.99. The molecule has 0 aromatic heterocycles. The molecule has 0 aliphatic heterocycles. The molecule has 9 aromatic rings. The maximum absolute atomic E-state index is 2.33. The molecule has 0 atom stereocenters. The summed E-state index contributed by atoms with van der Waals surface area (Å²) < 4.78 is 0. The highest BCUT2D eigenvalue weighted by molar-refractivity contribution is 6.05. The Bertz CT molecular complexity index is 2630. The molecule has 0 N–H and O–H groups in total. The van der Waals surface area contributed by atoms with Crippen LogP contribution < -0.4 is 0 Å². The van der Waals surface area contributed by atoms with Crippen LogP contribution in [0.1, 0.15) is 22.6 Å². The topological polar surface area (TPSA) is 0 Å². The van der Waals surface area contributed by atoms with Crippen LogP contribution in [0.2, 0.25) is 0 Å². The van der Waals surface area contributed by atoms with Gasteiger partial charge in [-0.05, 0) is 112 Å². The third-order valence-electron chi connectivity index (χ3n) is 11.0. The normalized spacial score (nSPS) is 12.1. The molecule has 0 amide bonds. The summed E-state index contributed by atoms with van der Waals surface area (Å²) >= 11 is 0. The highest BCUT2D eigenvalue weighted by Gasteiger charge is 2.29. The second-order valence-corrected chi connectivity index (χ2v) is 14.0. The van der Waals surface area contributed by atoms with Crippen LogP contribution in [0.5, 0.6) is 0 Å². The fourth-order valence-corrected chi connectivity index (χ4v) is 8.40. The van der Waals surface area contributed by atoms with Gasteiger partial charge in [0.15, 0.2) is 0 Å². The van der Waals surface area contributed by atoms with E-state index in [2.05, 4.69) is 212 Å². The molecule has 0 bridgehead atoms. The second-order valence-electron chi connectivity index (χ2n) is 14.0. The Hall–Kier alpha value is -6.76. The van der Waals surface area contributed by atoms with Crippen LogP contribution in [0.15, 0.2) is 212 Å². The maximum atomic E-state index is 2.33. The maximum Gasteiger partial charge on any atom is 0.0352 e. The summed E-state index contributed by atoms with van der Waals surface area (Å²) in [6, 6.07) is 77.8. The van der Waals surface area contributed by atoms with Crippen molar-refractivity contribution >= 4 is 10.8 Å². The van der Waals surface area contributed by atoms with Crippen LogP contribution in [-0.4, -0.2) is 0 Å². The van der Waals surface area contributed by atoms with Crippen molar-refractivity contribution in [3.05, 3.63) is 229 Å². The first-order chi connectivity index (χ1) is 26.3. The van der Waals surface area contributed by atoms with Crippen molar-refractivity contribution < 1.29 is 0 Å². The van der Waals surface area contributed by atoms with Crippen molar-refractivity contribution in [1.82, 2.24) is 0 Å². The van der Waals surface area contributed by atoms with Crippen LogP contribution in [0.3, 0.4) is 0 Å². The minimum atomic E-state index is 0.254. The summed E-state index contributed by atoms with van der Waals surface area (Å²) in [5.74, 6) is 0.254. The van der Waals surface area contributed by atoms with Crippen LogP contribution in [0, 0.1) is 0 Å². The number of benzene rings is 9. The predicted octanol–water partition coefficient (Wildman–Crippen LogP) is 14.3. The predicted molar refractivity (Wildman–Crippen MR) is 224 cm³/mol. The largest absolute Gasteiger partial charge is 0.0622 e. The van der Waals surface area contributed by atoms with Gasteiger partial charge >= 0.3 is 0 Å². The highest BCUT2D eigenvalue weighted by atomic mass is 14.3. The minimum Gasteiger partial charge on any atom is -0.0622 e. The molecule has 10 rings (SSSR count). The molecular weight excluding hydrogens is 637 g/mol. The third-order valence-corrected chi connectivity index (χ3v) is 11.0. The molecule has 53 heavy (non-hydrogen) atoms. The van der Waals surface area contributed by atoms with E-state index in [1.165, 1.54) is 94.2 Å². The molecule has 0 fully saturated rings. The fraction of sp³-hybridized carbons (Fsp3) is 0.0189. The number of rotatable bonds is 6. The fourth-order valence-electron chi connectivity index (χ4n) is 8.40. The van der Waals surface area contributed by atoms with Crippen LogP contribution >= 0.6 is 0 Å². The molecule has 9 aromatic carbocycles. The molecule has 1 aliphatic carbocycles. The molecule has 0 spiro atoms. The van der Waals surface area contributed by atoms with Crippen molar-refractivity contribution in [3.8, 4) is 66.8 Å². The number of hydrogen-bond donors (Lipinski definition) is 0. The Labute approximate surface area is 311 Å². The van der Waals surface area contributed by atoms with E-state index in [0.717, 1.165) is 0 Å². The number of hydrogen-bond acceptors (Lipinski definition) is 0. The van der Waals surface area contributed by atoms with Crippen molar-refractivity contribution in [1.29, 1.82) is 0 Å². The van der Waals surface area contributed by atoms with Gasteiger partial charge in [0.1, 0.15) is 0 Å². The van der Waals surface area contributed by atoms with Crippen molar-refractivity contribution in [3.63, 3.8) is 0 Å². The molecule has 0 nitrogen and oxygen atoms in total. The van der Waals surface area contributed by atoms with E-state index in [4.69, 9.17) is 0 Å². The molecule has 1 aliphatic rings. The van der Waals surface area contributed by atoms with E-state index < -0.39 is 0 Å². The van der Waals surface area contributed by atoms with Crippen molar-refractivity contribution in [2.24, 2.45) is 0 Å². The number of fused-ring (bicyclic) bond motifs is 4. The van der Waals surface area contributed by atoms with Crippen LogP contribution in [0.25, 0.3) is 77.5 Å². The summed E-state index contributed by atoms with van der Waals surface area (Å²) in [6.07, 6.45) is 0. The molecule has 0 saturated carbocycles. The summed E-state index contributed by atoms with van der Waals surface area (Å²) in [6.45, 7) is 0. The van der Waals surface area contributed by atoms with Gasteiger partial charge in [0, 0.05) is 5.92 Å². The van der Waals surface area contributed by atoms with Gasteiger partial charge in [-0.1, -0.05) is 194 Å². The van der Waals surface area contributed by atoms with E-state index in [9.17, 15) is 0 Å². The van der Waals surface area contributed by atoms with E-state index in [-0.39, 0.29) is 5.92 Å². The Balaban J connectivity index is 0.992. The molecule has 248 valence electrons. The van der Waals surface area contributed by atoms with Crippen LogP contribution in [0.4, 0.5) is 0 Å². The Morgan fingerprint density at radius 3 is 1.06 bits per heavy atom. The zero-order chi connectivity index (χ0) is 35.1. The summed E-state index contributed by atoms with van der Waals surface area (Å²) in [7, 11) is 0. The van der Waals surface area contributed by atoms with Gasteiger partial charge < -0.3 is 0 Å². The molecule has 0 unspecified atom stereocenters. The summed E-state index contributed by atoms with van der Waals surface area (Å²) in [5, 5.41) is 2.53. The van der Waals surface area contributed by atoms with Gasteiger partial charge in [0.2, 0.25) is 0 Å². The lowest BCUT2D eigenvalue weighted by atomic mass is 9.87. The van der Waals surface area contributed by atoms with Gasteiger partial charge in [0.25, 0.3) is 0 Å². The van der Waals surface area contributed by atoms with Crippen LogP contribution in [-0.2, 0) is 0 Å². The average Bonchev–Trinajstić information content (AvgIpc) is 3.58. The third kappa shape index (κ3) is 5.57. The Morgan fingerprint density at radius 2 is 0.585 bits per heavy atom. The highest BCUT2D eigenvalue weighted by Crippen LogP contribution is 2.48. The molecule has 0 saturated heterocycles. The Morgan fingerprint density at radius 1 is 0.226 bits per heavy atom. The molecular formula is C53H36. The second kappa shape index (κ2) is 13.1. The summed E-state index contributed by atoms with van der Waals surface area (Å²) in [5.41, 5.74) is 19.1. The quantitative estimate of drug-likeness (QED) is 0.165. The molecule has 0 radical (unpaired) electrons. The lowest BCUT2D eigenvalue weighted by molar-refractivity contribution is 1.02. The zero-order valence-electron chi connectivity index (χ0n) is 29.3. The first-order valence-corrected chi connectivity index (χ1v) is 18.5. The van der Waals surface area contributed by atoms with Gasteiger partial charge in [-0.3, -0.25) is 0 Å². The Kier molecular flexibility index (Phi) is 7.66. The first-order valence-electron chi connectivity index (χ1n) is 18.5. The minimum absolute atomic E-state index is 0.254.